The molecule has 10 heavy (non-hydrogen) atoms. The van der Waals surface area contributed by atoms with Crippen LogP contribution < -0.4 is 5.09 Å². The molecule has 0 radical (unpaired) electrons. The van der Waals surface area contributed by atoms with Gasteiger partial charge in [0.1, 0.15) is 6.04 Å². The standard InChI is InChI=1S/C5H12NO3P/c1-4(5(7)9-2)6-10(3)8/h4,6,8H,1-3H3. The number of nitrogens with one attached hydrogen (secondary N) is 1. The summed E-state index contributed by atoms with van der Waals surface area (Å²) in [4.78, 5) is 19.5. The fraction of sp³-hybridized carbons (Fsp3) is 0.800. The zero-order valence-corrected chi connectivity index (χ0v) is 7.18. The number of hydrogen-bond acceptors (Lipinski definition) is 4. The van der Waals surface area contributed by atoms with E-state index in [1.54, 1.807) is 13.6 Å². The summed E-state index contributed by atoms with van der Waals surface area (Å²) >= 11 is 0. The van der Waals surface area contributed by atoms with Crippen LogP contribution in [0.25, 0.3) is 0 Å². The molecule has 2 N–H and O–H groups in total. The molecular weight excluding hydrogens is 153 g/mol. The number of rotatable bonds is 3. The summed E-state index contributed by atoms with van der Waals surface area (Å²) in [6.45, 7) is 3.25. The predicted octanol–water partition coefficient (Wildman–Crippen LogP) is 0.0715. The molecule has 0 aliphatic rings. The number of esters is 1. The fourth-order valence-electron chi connectivity index (χ4n) is 0.510. The molecule has 0 saturated carbocycles. The first-order valence-electron chi connectivity index (χ1n) is 2.84. The zero-order chi connectivity index (χ0) is 8.15. The van der Waals surface area contributed by atoms with Gasteiger partial charge in [0.25, 0.3) is 0 Å². The molecule has 0 fully saturated rings. The SMILES string of the molecule is COC(=O)C(C)NP(C)O. The second-order valence-corrected chi connectivity index (χ2v) is 3.20. The minimum Gasteiger partial charge on any atom is -0.468 e. The summed E-state index contributed by atoms with van der Waals surface area (Å²) in [5.41, 5.74) is 0. The Morgan fingerprint density at radius 3 is 2.60 bits per heavy atom. The van der Waals surface area contributed by atoms with Gasteiger partial charge in [-0.1, -0.05) is 0 Å². The number of ether oxygens (including phenoxy) is 1. The van der Waals surface area contributed by atoms with E-state index in [1.807, 2.05) is 0 Å². The van der Waals surface area contributed by atoms with Crippen molar-refractivity contribution in [1.29, 1.82) is 0 Å². The van der Waals surface area contributed by atoms with E-state index in [4.69, 9.17) is 4.89 Å². The number of methoxy groups -OCH3 is 1. The number of carbonyl (C=O) groups is 1. The molecule has 0 aliphatic carbocycles. The van der Waals surface area contributed by atoms with Crippen molar-refractivity contribution in [2.45, 2.75) is 13.0 Å². The van der Waals surface area contributed by atoms with Crippen LogP contribution in [0, 0.1) is 0 Å². The van der Waals surface area contributed by atoms with Crippen LogP contribution in [-0.4, -0.2) is 30.7 Å². The van der Waals surface area contributed by atoms with Gasteiger partial charge in [-0.15, -0.1) is 0 Å². The lowest BCUT2D eigenvalue weighted by Gasteiger charge is -2.12. The van der Waals surface area contributed by atoms with Gasteiger partial charge >= 0.3 is 5.97 Å². The fourth-order valence-corrected chi connectivity index (χ4v) is 1.18. The molecule has 0 aromatic heterocycles. The molecule has 5 heteroatoms. The van der Waals surface area contributed by atoms with Crippen LogP contribution in [0.1, 0.15) is 6.92 Å². The Balaban J connectivity index is 3.61. The summed E-state index contributed by atoms with van der Waals surface area (Å²) in [5.74, 6) is -0.358. The first-order chi connectivity index (χ1) is 4.57. The molecule has 0 heterocycles. The molecule has 0 aromatic rings. The van der Waals surface area contributed by atoms with E-state index in [0.717, 1.165) is 0 Å². The van der Waals surface area contributed by atoms with Gasteiger partial charge in [-0.3, -0.25) is 9.88 Å². The van der Waals surface area contributed by atoms with Gasteiger partial charge in [0.05, 0.1) is 15.4 Å². The third kappa shape index (κ3) is 3.77. The molecule has 4 nitrogen and oxygen atoms in total. The van der Waals surface area contributed by atoms with Crippen molar-refractivity contribution in [3.63, 3.8) is 0 Å². The summed E-state index contributed by atoms with van der Waals surface area (Å²) in [5, 5.41) is 2.64. The first-order valence-corrected chi connectivity index (χ1v) is 4.58. The molecular formula is C5H12NO3P. The quantitative estimate of drug-likeness (QED) is 0.459. The van der Waals surface area contributed by atoms with Crippen molar-refractivity contribution < 1.29 is 14.4 Å². The van der Waals surface area contributed by atoms with Crippen molar-refractivity contribution in [1.82, 2.24) is 5.09 Å². The minimum absolute atomic E-state index is 0.358. The molecule has 0 bridgehead atoms. The summed E-state index contributed by atoms with van der Waals surface area (Å²) < 4.78 is 4.41. The lowest BCUT2D eigenvalue weighted by atomic mass is 10.4. The van der Waals surface area contributed by atoms with E-state index in [2.05, 4.69) is 9.82 Å². The highest BCUT2D eigenvalue weighted by molar-refractivity contribution is 7.48. The molecule has 60 valence electrons. The van der Waals surface area contributed by atoms with E-state index in [0.29, 0.717) is 0 Å². The lowest BCUT2D eigenvalue weighted by molar-refractivity contribution is -0.142. The van der Waals surface area contributed by atoms with Crippen LogP contribution in [-0.2, 0) is 9.53 Å². The summed E-state index contributed by atoms with van der Waals surface area (Å²) in [6, 6.07) is -0.425. The normalized spacial score (nSPS) is 16.0. The van der Waals surface area contributed by atoms with E-state index in [-0.39, 0.29) is 5.97 Å². The Labute approximate surface area is 61.5 Å². The van der Waals surface area contributed by atoms with Crippen LogP contribution in [0.5, 0.6) is 0 Å². The highest BCUT2D eigenvalue weighted by atomic mass is 31.2. The van der Waals surface area contributed by atoms with E-state index in [9.17, 15) is 4.79 Å². The van der Waals surface area contributed by atoms with Crippen LogP contribution in [0.2, 0.25) is 0 Å². The smallest absolute Gasteiger partial charge is 0.322 e. The second kappa shape index (κ2) is 4.61. The molecule has 0 aromatic carbocycles. The van der Waals surface area contributed by atoms with Gasteiger partial charge in [0.2, 0.25) is 0 Å². The van der Waals surface area contributed by atoms with Crippen molar-refractivity contribution in [3.05, 3.63) is 0 Å². The van der Waals surface area contributed by atoms with E-state index in [1.165, 1.54) is 7.11 Å². The summed E-state index contributed by atoms with van der Waals surface area (Å²) in [7, 11) is 0.0864. The highest BCUT2D eigenvalue weighted by Gasteiger charge is 2.13. The van der Waals surface area contributed by atoms with Crippen LogP contribution in [0.15, 0.2) is 0 Å². The lowest BCUT2D eigenvalue weighted by Crippen LogP contribution is -2.30. The number of hydrogen-bond donors (Lipinski definition) is 2. The molecule has 0 amide bonds. The first kappa shape index (κ1) is 9.82. The van der Waals surface area contributed by atoms with Gasteiger partial charge in [0, 0.05) is 0 Å². The van der Waals surface area contributed by atoms with Crippen molar-refractivity contribution >= 4 is 14.3 Å². The molecule has 0 aliphatic heterocycles. The van der Waals surface area contributed by atoms with Gasteiger partial charge in [-0.25, -0.2) is 0 Å². The molecule has 0 rings (SSSR count). The zero-order valence-electron chi connectivity index (χ0n) is 6.29. The Kier molecular flexibility index (Phi) is 4.52. The van der Waals surface area contributed by atoms with E-state index < -0.39 is 14.3 Å². The number of carbonyl (C=O) groups excluding carboxylic acids is 1. The van der Waals surface area contributed by atoms with Crippen LogP contribution in [0.3, 0.4) is 0 Å². The maximum Gasteiger partial charge on any atom is 0.322 e. The molecule has 0 spiro atoms. The van der Waals surface area contributed by atoms with E-state index >= 15 is 0 Å². The third-order valence-corrected chi connectivity index (χ3v) is 1.70. The summed E-state index contributed by atoms with van der Waals surface area (Å²) in [6.07, 6.45) is 0. The van der Waals surface area contributed by atoms with Crippen molar-refractivity contribution in [2.24, 2.45) is 0 Å². The van der Waals surface area contributed by atoms with Gasteiger partial charge < -0.3 is 9.63 Å². The average molecular weight is 165 g/mol. The van der Waals surface area contributed by atoms with Crippen molar-refractivity contribution in [3.8, 4) is 0 Å². The second-order valence-electron chi connectivity index (χ2n) is 1.90. The molecule has 2 unspecified atom stereocenters. The van der Waals surface area contributed by atoms with Gasteiger partial charge in [-0.05, 0) is 13.6 Å². The third-order valence-electron chi connectivity index (χ3n) is 0.935. The monoisotopic (exact) mass is 165 g/mol. The predicted molar refractivity (Wildman–Crippen MR) is 39.7 cm³/mol. The molecule has 0 saturated heterocycles. The average Bonchev–Trinajstić information content (AvgIpc) is 1.85. The van der Waals surface area contributed by atoms with Crippen molar-refractivity contribution in [2.75, 3.05) is 13.8 Å². The largest absolute Gasteiger partial charge is 0.468 e. The Hall–Kier alpha value is -0.180. The highest BCUT2D eigenvalue weighted by Crippen LogP contribution is 2.17. The Morgan fingerprint density at radius 1 is 1.80 bits per heavy atom. The topological polar surface area (TPSA) is 58.6 Å². The van der Waals surface area contributed by atoms with Crippen LogP contribution in [0.4, 0.5) is 0 Å². The molecule has 2 atom stereocenters. The maximum atomic E-state index is 10.7. The van der Waals surface area contributed by atoms with Crippen LogP contribution >= 0.6 is 8.30 Å². The van der Waals surface area contributed by atoms with Gasteiger partial charge in [-0.2, -0.15) is 0 Å². The van der Waals surface area contributed by atoms with Gasteiger partial charge in [0.15, 0.2) is 0 Å². The Bertz CT molecular complexity index is 117. The Morgan fingerprint density at radius 2 is 2.30 bits per heavy atom. The maximum absolute atomic E-state index is 10.7. The minimum atomic E-state index is -1.23.